The molecule has 1 atom stereocenters. The van der Waals surface area contributed by atoms with Gasteiger partial charge in [-0.25, -0.2) is 0 Å². The molecule has 1 saturated heterocycles. The third-order valence-electron chi connectivity index (χ3n) is 5.57. The van der Waals surface area contributed by atoms with Gasteiger partial charge < -0.3 is 15.0 Å². The Labute approximate surface area is 165 Å². The summed E-state index contributed by atoms with van der Waals surface area (Å²) in [6.45, 7) is 3.21. The molecule has 2 amide bonds. The fraction of sp³-hybridized carbons (Fsp3) is 0.391. The van der Waals surface area contributed by atoms with E-state index in [4.69, 9.17) is 4.74 Å². The van der Waals surface area contributed by atoms with Crippen molar-refractivity contribution in [2.75, 3.05) is 13.2 Å². The van der Waals surface area contributed by atoms with E-state index in [-0.39, 0.29) is 18.4 Å². The van der Waals surface area contributed by atoms with E-state index >= 15 is 0 Å². The second-order valence-corrected chi connectivity index (χ2v) is 7.73. The van der Waals surface area contributed by atoms with Crippen molar-refractivity contribution >= 4 is 11.8 Å². The van der Waals surface area contributed by atoms with Gasteiger partial charge in [0.15, 0.2) is 6.61 Å². The first-order chi connectivity index (χ1) is 13.6. The lowest BCUT2D eigenvalue weighted by Crippen LogP contribution is -2.43. The van der Waals surface area contributed by atoms with Crippen LogP contribution in [0.15, 0.2) is 42.5 Å². The number of rotatable bonds is 6. The molecule has 0 saturated carbocycles. The van der Waals surface area contributed by atoms with Crippen LogP contribution in [-0.4, -0.2) is 35.9 Å². The molecule has 2 aromatic rings. The van der Waals surface area contributed by atoms with Crippen molar-refractivity contribution in [3.8, 4) is 5.75 Å². The Balaban J connectivity index is 1.26. The number of nitrogens with one attached hydrogen (secondary N) is 1. The summed E-state index contributed by atoms with van der Waals surface area (Å²) in [7, 11) is 0. The van der Waals surface area contributed by atoms with E-state index in [1.165, 1.54) is 23.1 Å². The molecule has 28 heavy (non-hydrogen) atoms. The number of carbonyl (C=O) groups excluding carboxylic acids is 2. The zero-order valence-electron chi connectivity index (χ0n) is 16.2. The van der Waals surface area contributed by atoms with Gasteiger partial charge in [0.2, 0.25) is 5.91 Å². The van der Waals surface area contributed by atoms with E-state index in [1.54, 1.807) is 4.90 Å². The summed E-state index contributed by atoms with van der Waals surface area (Å²) in [5, 5.41) is 2.82. The van der Waals surface area contributed by atoms with Gasteiger partial charge in [-0.3, -0.25) is 9.59 Å². The highest BCUT2D eigenvalue weighted by Gasteiger charge is 2.32. The van der Waals surface area contributed by atoms with Crippen LogP contribution in [0.2, 0.25) is 0 Å². The summed E-state index contributed by atoms with van der Waals surface area (Å²) in [4.78, 5) is 26.6. The Kier molecular flexibility index (Phi) is 5.33. The Morgan fingerprint density at radius 2 is 1.93 bits per heavy atom. The maximum absolute atomic E-state index is 12.6. The Morgan fingerprint density at radius 3 is 2.75 bits per heavy atom. The summed E-state index contributed by atoms with van der Waals surface area (Å²) in [5.41, 5.74) is 4.99. The van der Waals surface area contributed by atoms with E-state index in [0.29, 0.717) is 19.5 Å². The number of ether oxygens (including phenoxy) is 1. The third kappa shape index (κ3) is 4.19. The van der Waals surface area contributed by atoms with Gasteiger partial charge in [-0.05, 0) is 61.4 Å². The van der Waals surface area contributed by atoms with Gasteiger partial charge in [0, 0.05) is 13.1 Å². The molecular formula is C23H26N2O3. The highest BCUT2D eigenvalue weighted by Crippen LogP contribution is 2.26. The second-order valence-electron chi connectivity index (χ2n) is 7.73. The van der Waals surface area contributed by atoms with Crippen LogP contribution in [0.4, 0.5) is 0 Å². The zero-order chi connectivity index (χ0) is 19.5. The summed E-state index contributed by atoms with van der Waals surface area (Å²) in [6, 6.07) is 13.7. The monoisotopic (exact) mass is 378 g/mol. The maximum atomic E-state index is 12.6. The molecule has 1 aliphatic heterocycles. The molecule has 1 N–H and O–H groups in total. The molecule has 0 bridgehead atoms. The van der Waals surface area contributed by atoms with Crippen LogP contribution in [0.1, 0.15) is 35.1 Å². The van der Waals surface area contributed by atoms with E-state index in [2.05, 4.69) is 11.4 Å². The number of aryl methyl sites for hydroxylation is 3. The van der Waals surface area contributed by atoms with Gasteiger partial charge in [-0.15, -0.1) is 0 Å². The number of hydrogen-bond donors (Lipinski definition) is 1. The van der Waals surface area contributed by atoms with Gasteiger partial charge >= 0.3 is 0 Å². The lowest BCUT2D eigenvalue weighted by atomic mass is 10.1. The predicted octanol–water partition coefficient (Wildman–Crippen LogP) is 2.78. The highest BCUT2D eigenvalue weighted by atomic mass is 16.5. The van der Waals surface area contributed by atoms with E-state index in [0.717, 1.165) is 24.2 Å². The lowest BCUT2D eigenvalue weighted by molar-refractivity contribution is -0.133. The minimum Gasteiger partial charge on any atom is -0.484 e. The standard InChI is InChI=1S/C23H26N2O3/c1-16-5-7-17(8-6-16)14-25-12-11-21(23(25)27)24-22(26)15-28-20-10-9-18-3-2-4-19(18)13-20/h5-10,13,21H,2-4,11-12,14-15H2,1H3,(H,24,26). The van der Waals surface area contributed by atoms with Crippen LogP contribution >= 0.6 is 0 Å². The van der Waals surface area contributed by atoms with Gasteiger partial charge in [-0.2, -0.15) is 0 Å². The maximum Gasteiger partial charge on any atom is 0.258 e. The highest BCUT2D eigenvalue weighted by molar-refractivity contribution is 5.89. The van der Waals surface area contributed by atoms with Crippen LogP contribution in [-0.2, 0) is 29.0 Å². The van der Waals surface area contributed by atoms with Crippen molar-refractivity contribution in [2.24, 2.45) is 0 Å². The summed E-state index contributed by atoms with van der Waals surface area (Å²) >= 11 is 0. The Hall–Kier alpha value is -2.82. The molecule has 0 aromatic heterocycles. The number of carbonyl (C=O) groups is 2. The van der Waals surface area contributed by atoms with Crippen molar-refractivity contribution in [3.63, 3.8) is 0 Å². The van der Waals surface area contributed by atoms with Gasteiger partial charge in [0.1, 0.15) is 11.8 Å². The van der Waals surface area contributed by atoms with Gasteiger partial charge in [-0.1, -0.05) is 35.9 Å². The van der Waals surface area contributed by atoms with E-state index in [9.17, 15) is 9.59 Å². The summed E-state index contributed by atoms with van der Waals surface area (Å²) in [6.07, 6.45) is 4.02. The molecule has 0 spiro atoms. The lowest BCUT2D eigenvalue weighted by Gasteiger charge is -2.17. The molecule has 5 nitrogen and oxygen atoms in total. The largest absolute Gasteiger partial charge is 0.484 e. The first kappa shape index (κ1) is 18.5. The molecule has 4 rings (SSSR count). The number of nitrogens with zero attached hydrogens (tertiary/aromatic N) is 1. The molecule has 0 radical (unpaired) electrons. The molecule has 1 aliphatic carbocycles. The SMILES string of the molecule is Cc1ccc(CN2CCC(NC(=O)COc3ccc4c(c3)CCC4)C2=O)cc1. The van der Waals surface area contributed by atoms with Crippen LogP contribution in [0.3, 0.4) is 0 Å². The predicted molar refractivity (Wildman–Crippen MR) is 107 cm³/mol. The van der Waals surface area contributed by atoms with Crippen LogP contribution in [0.25, 0.3) is 0 Å². The summed E-state index contributed by atoms with van der Waals surface area (Å²) in [5.74, 6) is 0.442. The quantitative estimate of drug-likeness (QED) is 0.841. The normalized spacial score (nSPS) is 18.2. The molecule has 1 unspecified atom stereocenters. The zero-order valence-corrected chi connectivity index (χ0v) is 16.2. The molecule has 1 heterocycles. The van der Waals surface area contributed by atoms with E-state index in [1.807, 2.05) is 43.3 Å². The molecule has 2 aliphatic rings. The van der Waals surface area contributed by atoms with Gasteiger partial charge in [0.05, 0.1) is 0 Å². The van der Waals surface area contributed by atoms with Crippen LogP contribution in [0.5, 0.6) is 5.75 Å². The molecular weight excluding hydrogens is 352 g/mol. The van der Waals surface area contributed by atoms with Crippen molar-refractivity contribution in [1.29, 1.82) is 0 Å². The second kappa shape index (κ2) is 8.05. The van der Waals surface area contributed by atoms with E-state index < -0.39 is 6.04 Å². The summed E-state index contributed by atoms with van der Waals surface area (Å²) < 4.78 is 5.64. The minimum atomic E-state index is -0.457. The Bertz CT molecular complexity index is 876. The minimum absolute atomic E-state index is 0.0218. The molecule has 146 valence electrons. The van der Waals surface area contributed by atoms with Gasteiger partial charge in [0.25, 0.3) is 5.91 Å². The molecule has 1 fully saturated rings. The number of amides is 2. The number of benzene rings is 2. The molecule has 5 heteroatoms. The average molecular weight is 378 g/mol. The Morgan fingerprint density at radius 1 is 1.14 bits per heavy atom. The van der Waals surface area contributed by atoms with Crippen LogP contribution in [0, 0.1) is 6.92 Å². The van der Waals surface area contributed by atoms with Crippen molar-refractivity contribution < 1.29 is 14.3 Å². The number of hydrogen-bond acceptors (Lipinski definition) is 3. The smallest absolute Gasteiger partial charge is 0.258 e. The number of fused-ring (bicyclic) bond motifs is 1. The first-order valence-electron chi connectivity index (χ1n) is 9.97. The third-order valence-corrected chi connectivity index (χ3v) is 5.57. The average Bonchev–Trinajstić information content (AvgIpc) is 3.29. The fourth-order valence-electron chi connectivity index (χ4n) is 3.97. The molecule has 2 aromatic carbocycles. The van der Waals surface area contributed by atoms with Crippen LogP contribution < -0.4 is 10.1 Å². The van der Waals surface area contributed by atoms with Crippen molar-refractivity contribution in [1.82, 2.24) is 10.2 Å². The van der Waals surface area contributed by atoms with Crippen molar-refractivity contribution in [3.05, 3.63) is 64.7 Å². The van der Waals surface area contributed by atoms with Crippen molar-refractivity contribution in [2.45, 2.75) is 45.2 Å². The number of likely N-dealkylation sites (tertiary alicyclic amines) is 1. The fourth-order valence-corrected chi connectivity index (χ4v) is 3.97. The topological polar surface area (TPSA) is 58.6 Å². The first-order valence-corrected chi connectivity index (χ1v) is 9.97.